The standard InChI is InChI=1S/C73H41N5/c1-3-19-46(20-4-1)75-61-31-13-11-25-50(61)56-39-44(33-35-63(56)75)66-48-23-9-7-17-42(48)37-58-53-28-16-30-55-68-65(77(70(53)55)71(58)66)41-60-54-29-15-27-52-59-38-43-18-8-10-24-49(43)67(72(59)78(69(52)54)73(60)74-68)45-34-36-64-57(40-45)51-26-12-14-32-62(51)76(64)47-21-5-2-6-22-47/h1-41H. The van der Waals surface area contributed by atoms with E-state index in [1.165, 1.54) is 136 Å². The maximum Gasteiger partial charge on any atom is 0.146 e. The Labute approximate surface area is 444 Å². The molecule has 0 saturated heterocycles. The molecule has 5 nitrogen and oxygen atoms in total. The van der Waals surface area contributed by atoms with Gasteiger partial charge in [-0.1, -0.05) is 170 Å². The Kier molecular flexibility index (Phi) is 7.68. The molecule has 0 aliphatic carbocycles. The Hall–Kier alpha value is -10.5. The minimum absolute atomic E-state index is 0.978. The van der Waals surface area contributed by atoms with Gasteiger partial charge in [0, 0.05) is 81.8 Å². The van der Waals surface area contributed by atoms with Crippen molar-refractivity contribution < 1.29 is 0 Å². The molecule has 0 aliphatic heterocycles. The fourth-order valence-corrected chi connectivity index (χ4v) is 14.4. The predicted molar refractivity (Wildman–Crippen MR) is 328 cm³/mol. The minimum Gasteiger partial charge on any atom is -0.309 e. The minimum atomic E-state index is 0.978. The Morgan fingerprint density at radius 1 is 0.244 bits per heavy atom. The van der Waals surface area contributed by atoms with Crippen LogP contribution in [0.15, 0.2) is 249 Å². The van der Waals surface area contributed by atoms with Gasteiger partial charge >= 0.3 is 0 Å². The van der Waals surface area contributed by atoms with Crippen LogP contribution in [0.2, 0.25) is 0 Å². The Morgan fingerprint density at radius 3 is 1.22 bits per heavy atom. The number of hydrogen-bond donors (Lipinski definition) is 0. The molecule has 78 heavy (non-hydrogen) atoms. The third-order valence-corrected chi connectivity index (χ3v) is 17.5. The van der Waals surface area contributed by atoms with Crippen LogP contribution in [0, 0.1) is 0 Å². The molecule has 0 fully saturated rings. The van der Waals surface area contributed by atoms with Gasteiger partial charge in [-0.3, -0.25) is 4.40 Å². The molecule has 7 heterocycles. The summed E-state index contributed by atoms with van der Waals surface area (Å²) < 4.78 is 9.89. The lowest BCUT2D eigenvalue weighted by molar-refractivity contribution is 1.18. The van der Waals surface area contributed by atoms with Crippen LogP contribution in [0.25, 0.3) is 175 Å². The number of pyridine rings is 1. The molecule has 12 aromatic carbocycles. The van der Waals surface area contributed by atoms with Crippen molar-refractivity contribution in [2.24, 2.45) is 0 Å². The summed E-state index contributed by atoms with van der Waals surface area (Å²) in [4.78, 5) is 5.96. The monoisotopic (exact) mass is 987 g/mol. The Bertz CT molecular complexity index is 5430. The van der Waals surface area contributed by atoms with E-state index in [9.17, 15) is 0 Å². The van der Waals surface area contributed by atoms with Crippen molar-refractivity contribution in [2.75, 3.05) is 0 Å². The van der Waals surface area contributed by atoms with Crippen LogP contribution >= 0.6 is 0 Å². The molecule has 0 spiro atoms. The molecular formula is C73H41N5. The normalized spacial score (nSPS) is 12.6. The van der Waals surface area contributed by atoms with E-state index in [1.54, 1.807) is 0 Å². The van der Waals surface area contributed by atoms with Gasteiger partial charge in [-0.25, -0.2) is 4.98 Å². The average molecular weight is 988 g/mol. The van der Waals surface area contributed by atoms with Gasteiger partial charge in [0.15, 0.2) is 0 Å². The van der Waals surface area contributed by atoms with Gasteiger partial charge in [-0.05, 0) is 112 Å². The number of aromatic nitrogens is 5. The van der Waals surface area contributed by atoms with Gasteiger partial charge in [0.05, 0.1) is 55.2 Å². The zero-order valence-corrected chi connectivity index (χ0v) is 41.9. The first-order chi connectivity index (χ1) is 38.7. The summed E-state index contributed by atoms with van der Waals surface area (Å²) in [5.74, 6) is 0. The fraction of sp³-hybridized carbons (Fsp3) is 0. The van der Waals surface area contributed by atoms with Crippen LogP contribution < -0.4 is 0 Å². The van der Waals surface area contributed by atoms with Gasteiger partial charge in [0.1, 0.15) is 5.65 Å². The molecule has 0 atom stereocenters. The van der Waals surface area contributed by atoms with Gasteiger partial charge in [-0.15, -0.1) is 0 Å². The summed E-state index contributed by atoms with van der Waals surface area (Å²) in [6.07, 6.45) is 0. The molecule has 0 bridgehead atoms. The third-order valence-electron chi connectivity index (χ3n) is 17.5. The van der Waals surface area contributed by atoms with Crippen LogP contribution in [0.4, 0.5) is 0 Å². The highest BCUT2D eigenvalue weighted by molar-refractivity contribution is 6.32. The lowest BCUT2D eigenvalue weighted by Crippen LogP contribution is -1.93. The summed E-state index contributed by atoms with van der Waals surface area (Å²) in [6.45, 7) is 0. The van der Waals surface area contributed by atoms with Crippen molar-refractivity contribution in [1.29, 1.82) is 0 Å². The predicted octanol–water partition coefficient (Wildman–Crippen LogP) is 19.2. The summed E-state index contributed by atoms with van der Waals surface area (Å²) in [5, 5.41) is 18.3. The molecule has 0 saturated carbocycles. The van der Waals surface area contributed by atoms with Crippen LogP contribution in [0.5, 0.6) is 0 Å². The molecule has 7 aromatic heterocycles. The lowest BCUT2D eigenvalue weighted by Gasteiger charge is -2.13. The first-order valence-corrected chi connectivity index (χ1v) is 27.0. The highest BCUT2D eigenvalue weighted by Gasteiger charge is 2.28. The van der Waals surface area contributed by atoms with E-state index in [1.807, 2.05) is 0 Å². The van der Waals surface area contributed by atoms with Crippen LogP contribution in [0.1, 0.15) is 0 Å². The van der Waals surface area contributed by atoms with Crippen LogP contribution in [-0.4, -0.2) is 22.9 Å². The number of hydrogen-bond acceptors (Lipinski definition) is 1. The van der Waals surface area contributed by atoms with Gasteiger partial charge < -0.3 is 13.5 Å². The number of nitrogens with zero attached hydrogens (tertiary/aromatic N) is 5. The van der Waals surface area contributed by atoms with Crippen LogP contribution in [0.3, 0.4) is 0 Å². The zero-order valence-electron chi connectivity index (χ0n) is 41.9. The van der Waals surface area contributed by atoms with Crippen LogP contribution in [-0.2, 0) is 0 Å². The molecule has 0 radical (unpaired) electrons. The molecule has 0 aliphatic rings. The molecular weight excluding hydrogens is 947 g/mol. The third kappa shape index (κ3) is 5.09. The second-order valence-electron chi connectivity index (χ2n) is 21.4. The second-order valence-corrected chi connectivity index (χ2v) is 21.4. The summed E-state index contributed by atoms with van der Waals surface area (Å²) in [6, 6.07) is 92.3. The quantitative estimate of drug-likeness (QED) is 0.173. The molecule has 19 aromatic rings. The van der Waals surface area contributed by atoms with E-state index < -0.39 is 0 Å². The highest BCUT2D eigenvalue weighted by Crippen LogP contribution is 2.50. The highest BCUT2D eigenvalue weighted by atomic mass is 15.0. The topological polar surface area (TPSA) is 31.6 Å². The largest absolute Gasteiger partial charge is 0.309 e. The van der Waals surface area contributed by atoms with Crippen molar-refractivity contribution in [3.05, 3.63) is 249 Å². The van der Waals surface area contributed by atoms with E-state index in [0.717, 1.165) is 38.8 Å². The van der Waals surface area contributed by atoms with Crippen molar-refractivity contribution in [2.45, 2.75) is 0 Å². The van der Waals surface area contributed by atoms with Crippen molar-refractivity contribution in [3.63, 3.8) is 0 Å². The van der Waals surface area contributed by atoms with Crippen molar-refractivity contribution in [1.82, 2.24) is 22.9 Å². The summed E-state index contributed by atoms with van der Waals surface area (Å²) in [5.41, 5.74) is 19.9. The van der Waals surface area contributed by atoms with E-state index in [-0.39, 0.29) is 0 Å². The molecule has 0 amide bonds. The summed E-state index contributed by atoms with van der Waals surface area (Å²) in [7, 11) is 0. The van der Waals surface area contributed by atoms with E-state index in [2.05, 4.69) is 267 Å². The first kappa shape index (κ1) is 40.8. The molecule has 5 heteroatoms. The van der Waals surface area contributed by atoms with E-state index >= 15 is 0 Å². The number of rotatable bonds is 4. The van der Waals surface area contributed by atoms with E-state index in [4.69, 9.17) is 4.98 Å². The van der Waals surface area contributed by atoms with Gasteiger partial charge in [0.2, 0.25) is 0 Å². The average Bonchev–Trinajstić information content (AvgIpc) is 3.82. The molecule has 19 rings (SSSR count). The summed E-state index contributed by atoms with van der Waals surface area (Å²) >= 11 is 0. The molecule has 358 valence electrons. The molecule has 0 N–H and O–H groups in total. The first-order valence-electron chi connectivity index (χ1n) is 27.0. The van der Waals surface area contributed by atoms with Gasteiger partial charge in [-0.2, -0.15) is 0 Å². The van der Waals surface area contributed by atoms with E-state index in [0.29, 0.717) is 0 Å². The van der Waals surface area contributed by atoms with Crippen molar-refractivity contribution in [3.8, 4) is 33.6 Å². The maximum atomic E-state index is 5.96. The zero-order chi connectivity index (χ0) is 50.5. The molecule has 0 unspecified atom stereocenters. The smallest absolute Gasteiger partial charge is 0.146 e. The number of para-hydroxylation sites is 6. The SMILES string of the molecule is c1ccc(-n2c3ccccc3c3cc(-c4c5ccccc5cc5c6cccc7c8nc9c(cc8n(c45)c67)c4cccc5c6cc7ccccc7c(-c7ccc8c(c7)c7ccccc7n8-c7ccccc7)c6n9c45)ccc32)cc1. The number of fused-ring (bicyclic) bond motifs is 20. The lowest BCUT2D eigenvalue weighted by atomic mass is 9.93. The Balaban J connectivity index is 0.922. The van der Waals surface area contributed by atoms with Crippen molar-refractivity contribution >= 4 is 142 Å². The fourth-order valence-electron chi connectivity index (χ4n) is 14.4. The second kappa shape index (κ2) is 14.7. The maximum absolute atomic E-state index is 5.96. The van der Waals surface area contributed by atoms with Gasteiger partial charge in [0.25, 0.3) is 0 Å². The number of benzene rings is 12. The Morgan fingerprint density at radius 2 is 0.667 bits per heavy atom.